The van der Waals surface area contributed by atoms with E-state index in [1.165, 1.54) is 6.07 Å². The summed E-state index contributed by atoms with van der Waals surface area (Å²) >= 11 is 0. The molecule has 1 atom stereocenters. The number of sulfone groups is 1. The molecule has 0 bridgehead atoms. The minimum atomic E-state index is -3.01. The number of benzene rings is 1. The smallest absolute Gasteiger partial charge is 0.336 e. The standard InChI is InChI=1S/C17H19NO5S/c1-11-7-15(19)23-16-12(11)3-4-14-13(16)8-18(10-22-14)17(2)5-6-24(20,21)9-17/h3-4,7H,5-6,8-10H2,1-2H3/t17-/m1/s1. The van der Waals surface area contributed by atoms with Gasteiger partial charge in [0.15, 0.2) is 9.84 Å². The van der Waals surface area contributed by atoms with Gasteiger partial charge in [-0.15, -0.1) is 0 Å². The second-order valence-electron chi connectivity index (χ2n) is 6.98. The highest BCUT2D eigenvalue weighted by molar-refractivity contribution is 7.91. The van der Waals surface area contributed by atoms with Gasteiger partial charge >= 0.3 is 5.63 Å². The maximum Gasteiger partial charge on any atom is 0.336 e. The third-order valence-electron chi connectivity index (χ3n) is 5.15. The average molecular weight is 349 g/mol. The number of aryl methyl sites for hydroxylation is 1. The summed E-state index contributed by atoms with van der Waals surface area (Å²) in [5.74, 6) is 1.03. The molecule has 1 saturated heterocycles. The van der Waals surface area contributed by atoms with Crippen LogP contribution in [-0.2, 0) is 16.4 Å². The van der Waals surface area contributed by atoms with Crippen molar-refractivity contribution in [2.45, 2.75) is 32.4 Å². The first kappa shape index (κ1) is 15.7. The molecule has 1 aromatic carbocycles. The summed E-state index contributed by atoms with van der Waals surface area (Å²) in [6.45, 7) is 4.67. The van der Waals surface area contributed by atoms with Crippen LogP contribution >= 0.6 is 0 Å². The van der Waals surface area contributed by atoms with Gasteiger partial charge in [-0.05, 0) is 38.0 Å². The first-order chi connectivity index (χ1) is 11.3. The molecular weight excluding hydrogens is 330 g/mol. The Morgan fingerprint density at radius 2 is 2.08 bits per heavy atom. The van der Waals surface area contributed by atoms with Gasteiger partial charge in [-0.25, -0.2) is 13.2 Å². The number of hydrogen-bond acceptors (Lipinski definition) is 6. The molecule has 24 heavy (non-hydrogen) atoms. The lowest BCUT2D eigenvalue weighted by Gasteiger charge is -2.40. The van der Waals surface area contributed by atoms with Crippen LogP contribution in [0.25, 0.3) is 11.0 Å². The molecule has 3 heterocycles. The first-order valence-electron chi connectivity index (χ1n) is 7.92. The number of ether oxygens (including phenoxy) is 1. The molecule has 128 valence electrons. The highest BCUT2D eigenvalue weighted by Gasteiger charge is 2.44. The summed E-state index contributed by atoms with van der Waals surface area (Å²) in [5, 5.41) is 0.878. The van der Waals surface area contributed by atoms with Crippen LogP contribution < -0.4 is 10.4 Å². The van der Waals surface area contributed by atoms with E-state index < -0.39 is 15.4 Å². The summed E-state index contributed by atoms with van der Waals surface area (Å²) in [4.78, 5) is 13.8. The molecule has 1 aromatic heterocycles. The number of hydrogen-bond donors (Lipinski definition) is 0. The molecule has 4 rings (SSSR count). The van der Waals surface area contributed by atoms with Crippen LogP contribution in [-0.4, -0.2) is 37.1 Å². The highest BCUT2D eigenvalue weighted by Crippen LogP contribution is 2.38. The van der Waals surface area contributed by atoms with Crippen LogP contribution in [0.4, 0.5) is 0 Å². The monoisotopic (exact) mass is 349 g/mol. The van der Waals surface area contributed by atoms with Crippen molar-refractivity contribution >= 4 is 20.8 Å². The Bertz CT molecular complexity index is 994. The normalized spacial score (nSPS) is 26.2. The zero-order chi connectivity index (χ0) is 17.1. The Morgan fingerprint density at radius 3 is 2.79 bits per heavy atom. The zero-order valence-corrected chi connectivity index (χ0v) is 14.5. The van der Waals surface area contributed by atoms with Crippen LogP contribution in [0.2, 0.25) is 0 Å². The van der Waals surface area contributed by atoms with Gasteiger partial charge in [0.2, 0.25) is 0 Å². The predicted molar refractivity (Wildman–Crippen MR) is 89.9 cm³/mol. The molecule has 0 saturated carbocycles. The summed E-state index contributed by atoms with van der Waals surface area (Å²) in [6, 6.07) is 5.25. The van der Waals surface area contributed by atoms with Gasteiger partial charge < -0.3 is 9.15 Å². The minimum Gasteiger partial charge on any atom is -0.478 e. The van der Waals surface area contributed by atoms with E-state index in [1.807, 2.05) is 30.9 Å². The second kappa shape index (κ2) is 5.07. The molecule has 0 radical (unpaired) electrons. The van der Waals surface area contributed by atoms with E-state index >= 15 is 0 Å². The van der Waals surface area contributed by atoms with E-state index in [1.54, 1.807) is 0 Å². The fraction of sp³-hybridized carbons (Fsp3) is 0.471. The Hall–Kier alpha value is -1.86. The summed E-state index contributed by atoms with van der Waals surface area (Å²) in [6.07, 6.45) is 0.585. The first-order valence-corrected chi connectivity index (χ1v) is 9.74. The van der Waals surface area contributed by atoms with Crippen molar-refractivity contribution < 1.29 is 17.6 Å². The van der Waals surface area contributed by atoms with Crippen LogP contribution in [0.5, 0.6) is 5.75 Å². The zero-order valence-electron chi connectivity index (χ0n) is 13.7. The largest absolute Gasteiger partial charge is 0.478 e. The Morgan fingerprint density at radius 1 is 1.29 bits per heavy atom. The van der Waals surface area contributed by atoms with Gasteiger partial charge in [0, 0.05) is 23.5 Å². The summed E-state index contributed by atoms with van der Waals surface area (Å²) in [7, 11) is -3.01. The van der Waals surface area contributed by atoms with Gasteiger partial charge in [0.05, 0.1) is 17.1 Å². The van der Waals surface area contributed by atoms with E-state index in [2.05, 4.69) is 0 Å². The van der Waals surface area contributed by atoms with Crippen molar-refractivity contribution in [3.05, 3.63) is 39.7 Å². The van der Waals surface area contributed by atoms with Gasteiger partial charge in [-0.2, -0.15) is 0 Å². The average Bonchev–Trinajstić information content (AvgIpc) is 2.81. The van der Waals surface area contributed by atoms with Crippen LogP contribution in [0.15, 0.2) is 27.4 Å². The van der Waals surface area contributed by atoms with Gasteiger partial charge in [0.25, 0.3) is 0 Å². The molecule has 0 amide bonds. The minimum absolute atomic E-state index is 0.131. The van der Waals surface area contributed by atoms with Gasteiger partial charge in [-0.1, -0.05) is 0 Å². The molecule has 0 N–H and O–H groups in total. The molecule has 2 aliphatic heterocycles. The molecule has 0 unspecified atom stereocenters. The predicted octanol–water partition coefficient (Wildman–Crippen LogP) is 1.83. The molecule has 2 aromatic rings. The third-order valence-corrected chi connectivity index (χ3v) is 7.04. The van der Waals surface area contributed by atoms with E-state index in [9.17, 15) is 13.2 Å². The lowest BCUT2D eigenvalue weighted by Crippen LogP contribution is -2.50. The molecule has 2 aliphatic rings. The number of rotatable bonds is 1. The van der Waals surface area contributed by atoms with E-state index in [0.29, 0.717) is 31.0 Å². The number of fused-ring (bicyclic) bond motifs is 3. The lowest BCUT2D eigenvalue weighted by molar-refractivity contribution is 0.0163. The summed E-state index contributed by atoms with van der Waals surface area (Å²) in [5.41, 5.74) is 1.36. The molecular formula is C17H19NO5S. The van der Waals surface area contributed by atoms with Crippen molar-refractivity contribution in [1.29, 1.82) is 0 Å². The topological polar surface area (TPSA) is 76.8 Å². The van der Waals surface area contributed by atoms with Crippen LogP contribution in [0.1, 0.15) is 24.5 Å². The maximum absolute atomic E-state index is 11.9. The highest BCUT2D eigenvalue weighted by atomic mass is 32.2. The Labute approximate surface area is 139 Å². The Kier molecular flexibility index (Phi) is 3.30. The molecule has 0 aliphatic carbocycles. The SMILES string of the molecule is Cc1cc(=O)oc2c3c(ccc12)OCN([C@]1(C)CCS(=O)(=O)C1)C3. The maximum atomic E-state index is 11.9. The molecule has 7 heteroatoms. The van der Waals surface area contributed by atoms with Crippen molar-refractivity contribution in [1.82, 2.24) is 4.90 Å². The van der Waals surface area contributed by atoms with Gasteiger partial charge in [-0.3, -0.25) is 4.90 Å². The molecule has 1 fully saturated rings. The van der Waals surface area contributed by atoms with E-state index in [-0.39, 0.29) is 17.1 Å². The van der Waals surface area contributed by atoms with Crippen LogP contribution in [0.3, 0.4) is 0 Å². The quantitative estimate of drug-likeness (QED) is 0.731. The third kappa shape index (κ3) is 2.43. The lowest BCUT2D eigenvalue weighted by atomic mass is 9.97. The van der Waals surface area contributed by atoms with Crippen LogP contribution in [0, 0.1) is 6.92 Å². The number of nitrogens with zero attached hydrogens (tertiary/aromatic N) is 1. The van der Waals surface area contributed by atoms with E-state index in [4.69, 9.17) is 9.15 Å². The van der Waals surface area contributed by atoms with Gasteiger partial charge in [0.1, 0.15) is 18.1 Å². The van der Waals surface area contributed by atoms with Crippen molar-refractivity contribution in [2.75, 3.05) is 18.2 Å². The summed E-state index contributed by atoms with van der Waals surface area (Å²) < 4.78 is 35.1. The Balaban J connectivity index is 1.80. The van der Waals surface area contributed by atoms with Crippen molar-refractivity contribution in [2.24, 2.45) is 0 Å². The fourth-order valence-electron chi connectivity index (χ4n) is 3.68. The van der Waals surface area contributed by atoms with Crippen molar-refractivity contribution in [3.63, 3.8) is 0 Å². The molecule has 6 nitrogen and oxygen atoms in total. The fourth-order valence-corrected chi connectivity index (χ4v) is 5.85. The van der Waals surface area contributed by atoms with Crippen molar-refractivity contribution in [3.8, 4) is 5.75 Å². The second-order valence-corrected chi connectivity index (χ2v) is 9.16. The molecule has 0 spiro atoms. The van der Waals surface area contributed by atoms with E-state index in [0.717, 1.165) is 16.5 Å².